The molecule has 0 aliphatic carbocycles. The number of anilines is 1. The number of benzene rings is 3. The zero-order chi connectivity index (χ0) is 21.6. The van der Waals surface area contributed by atoms with Gasteiger partial charge in [-0.25, -0.2) is 0 Å². The Balaban J connectivity index is 1.64. The Labute approximate surface area is 180 Å². The molecule has 3 aromatic carbocycles. The molecule has 0 radical (unpaired) electrons. The molecule has 156 valence electrons. The highest BCUT2D eigenvalue weighted by Gasteiger charge is 2.19. The van der Waals surface area contributed by atoms with Gasteiger partial charge in [0.15, 0.2) is 5.82 Å². The summed E-state index contributed by atoms with van der Waals surface area (Å²) in [5, 5.41) is 7.71. The Morgan fingerprint density at radius 3 is 2.10 bits per heavy atom. The van der Waals surface area contributed by atoms with Crippen LogP contribution in [0.15, 0.2) is 78.9 Å². The minimum Gasteiger partial charge on any atom is -0.497 e. The van der Waals surface area contributed by atoms with E-state index in [1.54, 1.807) is 38.5 Å². The molecule has 4 rings (SSSR count). The van der Waals surface area contributed by atoms with Crippen molar-refractivity contribution in [3.05, 3.63) is 90.0 Å². The van der Waals surface area contributed by atoms with Crippen molar-refractivity contribution in [3.8, 4) is 22.9 Å². The second-order valence-corrected chi connectivity index (χ2v) is 6.77. The highest BCUT2D eigenvalue weighted by Crippen LogP contribution is 2.20. The van der Waals surface area contributed by atoms with Crippen LogP contribution in [0.2, 0.25) is 0 Å². The topological polar surface area (TPSA) is 78.3 Å². The van der Waals surface area contributed by atoms with E-state index in [1.807, 2.05) is 54.6 Å². The standard InChI is InChI=1S/C24H22N4O3/c1-30-20-12-8-17(9-13-20)16-25-24-26-22(18-6-4-3-5-7-18)27-28(24)23(29)19-10-14-21(31-2)15-11-19/h3-15H,16H2,1-2H3,(H,25,26,27). The molecule has 0 fully saturated rings. The molecule has 0 aliphatic heterocycles. The first-order chi connectivity index (χ1) is 15.2. The van der Waals surface area contributed by atoms with Crippen LogP contribution >= 0.6 is 0 Å². The Bertz CT molecular complexity index is 1150. The summed E-state index contributed by atoms with van der Waals surface area (Å²) < 4.78 is 11.7. The fraction of sp³-hybridized carbons (Fsp3) is 0.125. The van der Waals surface area contributed by atoms with Gasteiger partial charge in [0.2, 0.25) is 5.95 Å². The first kappa shape index (κ1) is 20.2. The van der Waals surface area contributed by atoms with E-state index in [9.17, 15) is 4.79 Å². The minimum atomic E-state index is -0.283. The van der Waals surface area contributed by atoms with Crippen molar-refractivity contribution >= 4 is 11.9 Å². The highest BCUT2D eigenvalue weighted by molar-refractivity contribution is 5.97. The summed E-state index contributed by atoms with van der Waals surface area (Å²) in [5.74, 6) is 2.02. The van der Waals surface area contributed by atoms with E-state index in [1.165, 1.54) is 4.68 Å². The van der Waals surface area contributed by atoms with Crippen molar-refractivity contribution in [2.45, 2.75) is 6.54 Å². The van der Waals surface area contributed by atoms with Gasteiger partial charge in [-0.1, -0.05) is 42.5 Å². The predicted octanol–water partition coefficient (Wildman–Crippen LogP) is 4.26. The van der Waals surface area contributed by atoms with Gasteiger partial charge in [0.05, 0.1) is 14.2 Å². The van der Waals surface area contributed by atoms with Crippen LogP contribution in [0.4, 0.5) is 5.95 Å². The van der Waals surface area contributed by atoms with Gasteiger partial charge in [-0.3, -0.25) is 4.79 Å². The second kappa shape index (κ2) is 9.13. The zero-order valence-electron chi connectivity index (χ0n) is 17.3. The minimum absolute atomic E-state index is 0.283. The lowest BCUT2D eigenvalue weighted by Gasteiger charge is -2.08. The van der Waals surface area contributed by atoms with Gasteiger partial charge in [0, 0.05) is 17.7 Å². The molecule has 0 bridgehead atoms. The summed E-state index contributed by atoms with van der Waals surface area (Å²) in [5.41, 5.74) is 2.34. The van der Waals surface area contributed by atoms with Crippen LogP contribution in [0.5, 0.6) is 11.5 Å². The third-order valence-electron chi connectivity index (χ3n) is 4.78. The maximum absolute atomic E-state index is 13.2. The summed E-state index contributed by atoms with van der Waals surface area (Å²) in [7, 11) is 3.22. The molecule has 1 N–H and O–H groups in total. The third kappa shape index (κ3) is 4.56. The van der Waals surface area contributed by atoms with Crippen LogP contribution in [0, 0.1) is 0 Å². The molecule has 1 aromatic heterocycles. The number of nitrogens with one attached hydrogen (secondary N) is 1. The molecule has 1 heterocycles. The molecular weight excluding hydrogens is 392 g/mol. The van der Waals surface area contributed by atoms with E-state index in [4.69, 9.17) is 9.47 Å². The summed E-state index contributed by atoms with van der Waals surface area (Å²) in [4.78, 5) is 17.7. The fourth-order valence-electron chi connectivity index (χ4n) is 3.06. The number of rotatable bonds is 7. The number of carbonyl (C=O) groups excluding carboxylic acids is 1. The predicted molar refractivity (Wildman–Crippen MR) is 119 cm³/mol. The van der Waals surface area contributed by atoms with Crippen molar-refractivity contribution in [1.29, 1.82) is 0 Å². The van der Waals surface area contributed by atoms with Gasteiger partial charge in [-0.2, -0.15) is 9.67 Å². The fourth-order valence-corrected chi connectivity index (χ4v) is 3.06. The van der Waals surface area contributed by atoms with Crippen LogP contribution in [-0.4, -0.2) is 34.9 Å². The molecule has 0 atom stereocenters. The number of hydrogen-bond acceptors (Lipinski definition) is 6. The number of hydrogen-bond donors (Lipinski definition) is 1. The molecule has 0 aliphatic rings. The zero-order valence-corrected chi connectivity index (χ0v) is 17.3. The number of nitrogens with zero attached hydrogens (tertiary/aromatic N) is 3. The SMILES string of the molecule is COc1ccc(CNc2nc(-c3ccccc3)nn2C(=O)c2ccc(OC)cc2)cc1. The second-order valence-electron chi connectivity index (χ2n) is 6.77. The van der Waals surface area contributed by atoms with E-state index in [-0.39, 0.29) is 5.91 Å². The summed E-state index contributed by atoms with van der Waals surface area (Å²) >= 11 is 0. The molecule has 0 amide bonds. The summed E-state index contributed by atoms with van der Waals surface area (Å²) in [6.07, 6.45) is 0. The summed E-state index contributed by atoms with van der Waals surface area (Å²) in [6.45, 7) is 0.479. The lowest BCUT2D eigenvalue weighted by atomic mass is 10.2. The van der Waals surface area contributed by atoms with Gasteiger partial charge < -0.3 is 14.8 Å². The van der Waals surface area contributed by atoms with Crippen molar-refractivity contribution in [1.82, 2.24) is 14.8 Å². The lowest BCUT2D eigenvalue weighted by Crippen LogP contribution is -2.17. The molecule has 31 heavy (non-hydrogen) atoms. The van der Waals surface area contributed by atoms with E-state index in [0.29, 0.717) is 29.6 Å². The first-order valence-corrected chi connectivity index (χ1v) is 9.76. The van der Waals surface area contributed by atoms with Crippen LogP contribution < -0.4 is 14.8 Å². The average Bonchev–Trinajstić information content (AvgIpc) is 3.27. The number of methoxy groups -OCH3 is 2. The van der Waals surface area contributed by atoms with Crippen LogP contribution in [0.3, 0.4) is 0 Å². The Morgan fingerprint density at radius 1 is 0.871 bits per heavy atom. The van der Waals surface area contributed by atoms with E-state index in [0.717, 1.165) is 16.9 Å². The molecule has 0 saturated heterocycles. The quantitative estimate of drug-likeness (QED) is 0.487. The van der Waals surface area contributed by atoms with E-state index >= 15 is 0 Å². The maximum atomic E-state index is 13.2. The van der Waals surface area contributed by atoms with Gasteiger partial charge in [0.1, 0.15) is 11.5 Å². The highest BCUT2D eigenvalue weighted by atomic mass is 16.5. The van der Waals surface area contributed by atoms with Crippen molar-refractivity contribution in [3.63, 3.8) is 0 Å². The molecule has 7 heteroatoms. The van der Waals surface area contributed by atoms with Crippen LogP contribution in [0.25, 0.3) is 11.4 Å². The normalized spacial score (nSPS) is 10.5. The van der Waals surface area contributed by atoms with E-state index < -0.39 is 0 Å². The molecule has 7 nitrogen and oxygen atoms in total. The molecule has 0 spiro atoms. The molecule has 0 unspecified atom stereocenters. The Morgan fingerprint density at radius 2 is 1.48 bits per heavy atom. The van der Waals surface area contributed by atoms with Crippen molar-refractivity contribution < 1.29 is 14.3 Å². The van der Waals surface area contributed by atoms with Crippen molar-refractivity contribution in [2.75, 3.05) is 19.5 Å². The van der Waals surface area contributed by atoms with Crippen LogP contribution in [0.1, 0.15) is 15.9 Å². The maximum Gasteiger partial charge on any atom is 0.281 e. The number of ether oxygens (including phenoxy) is 2. The number of carbonyl (C=O) groups is 1. The van der Waals surface area contributed by atoms with Gasteiger partial charge in [-0.15, -0.1) is 5.10 Å². The van der Waals surface area contributed by atoms with Crippen LogP contribution in [-0.2, 0) is 6.54 Å². The smallest absolute Gasteiger partial charge is 0.281 e. The lowest BCUT2D eigenvalue weighted by molar-refractivity contribution is 0.0947. The molecule has 4 aromatic rings. The molecular formula is C24H22N4O3. The third-order valence-corrected chi connectivity index (χ3v) is 4.78. The monoisotopic (exact) mass is 414 g/mol. The van der Waals surface area contributed by atoms with Gasteiger partial charge in [-0.05, 0) is 42.0 Å². The van der Waals surface area contributed by atoms with Crippen molar-refractivity contribution in [2.24, 2.45) is 0 Å². The van der Waals surface area contributed by atoms with Gasteiger partial charge >= 0.3 is 0 Å². The Kier molecular flexibility index (Phi) is 5.93. The number of aromatic nitrogens is 3. The van der Waals surface area contributed by atoms with Gasteiger partial charge in [0.25, 0.3) is 5.91 Å². The largest absolute Gasteiger partial charge is 0.497 e. The molecule has 0 saturated carbocycles. The average molecular weight is 414 g/mol. The first-order valence-electron chi connectivity index (χ1n) is 9.76. The van der Waals surface area contributed by atoms with E-state index in [2.05, 4.69) is 15.4 Å². The Hall–Kier alpha value is -4.13. The summed E-state index contributed by atoms with van der Waals surface area (Å²) in [6, 6.07) is 24.1.